The van der Waals surface area contributed by atoms with Gasteiger partial charge >= 0.3 is 0 Å². The summed E-state index contributed by atoms with van der Waals surface area (Å²) in [4.78, 5) is 25.3. The highest BCUT2D eigenvalue weighted by molar-refractivity contribution is 6.35. The Labute approximate surface area is 205 Å². The molecule has 0 fully saturated rings. The summed E-state index contributed by atoms with van der Waals surface area (Å²) in [5, 5.41) is 10.6. The topological polar surface area (TPSA) is 98.4 Å². The van der Waals surface area contributed by atoms with Gasteiger partial charge in [-0.2, -0.15) is 5.10 Å². The molecule has 2 N–H and O–H groups in total. The third-order valence-electron chi connectivity index (χ3n) is 4.80. The Morgan fingerprint density at radius 2 is 1.88 bits per heavy atom. The molecule has 0 aliphatic heterocycles. The maximum Gasteiger partial charge on any atom is 0.274 e. The molecule has 2 aromatic heterocycles. The van der Waals surface area contributed by atoms with E-state index >= 15 is 0 Å². The number of halogens is 2. The molecule has 0 radical (unpaired) electrons. The van der Waals surface area contributed by atoms with Crippen LogP contribution in [0.5, 0.6) is 5.75 Å². The number of nitrogens with one attached hydrogen (secondary N) is 2. The zero-order chi connectivity index (χ0) is 24.1. The molecule has 0 saturated carbocycles. The number of furan rings is 1. The molecular weight excluding hydrogens is 479 g/mol. The van der Waals surface area contributed by atoms with Gasteiger partial charge < -0.3 is 19.8 Å². The molecule has 0 spiro atoms. The van der Waals surface area contributed by atoms with Crippen LogP contribution in [0.3, 0.4) is 0 Å². The van der Waals surface area contributed by atoms with Crippen molar-refractivity contribution in [2.45, 2.75) is 13.2 Å². The highest BCUT2D eigenvalue weighted by atomic mass is 35.5. The molecule has 174 valence electrons. The van der Waals surface area contributed by atoms with Gasteiger partial charge in [0, 0.05) is 23.8 Å². The predicted molar refractivity (Wildman–Crippen MR) is 128 cm³/mol. The Morgan fingerprint density at radius 3 is 2.59 bits per heavy atom. The maximum absolute atomic E-state index is 12.8. The normalized spacial score (nSPS) is 10.7. The fourth-order valence-electron chi connectivity index (χ4n) is 3.11. The molecule has 4 aromatic rings. The number of hydrogen-bond acceptors (Lipinski definition) is 5. The molecule has 0 saturated heterocycles. The van der Waals surface area contributed by atoms with Crippen LogP contribution in [0.2, 0.25) is 10.0 Å². The molecule has 2 aromatic carbocycles. The Morgan fingerprint density at radius 1 is 1.09 bits per heavy atom. The van der Waals surface area contributed by atoms with Crippen LogP contribution in [0.25, 0.3) is 0 Å². The van der Waals surface area contributed by atoms with Gasteiger partial charge in [0.25, 0.3) is 11.8 Å². The zero-order valence-corrected chi connectivity index (χ0v) is 19.6. The van der Waals surface area contributed by atoms with E-state index < -0.39 is 5.91 Å². The zero-order valence-electron chi connectivity index (χ0n) is 18.0. The van der Waals surface area contributed by atoms with Crippen molar-refractivity contribution < 1.29 is 18.7 Å². The summed E-state index contributed by atoms with van der Waals surface area (Å²) in [7, 11) is 1.67. The lowest BCUT2D eigenvalue weighted by atomic mass is 10.1. The summed E-state index contributed by atoms with van der Waals surface area (Å²) in [5.41, 5.74) is 1.67. The van der Waals surface area contributed by atoms with Gasteiger partial charge in [0.15, 0.2) is 5.69 Å². The minimum Gasteiger partial charge on any atom is -0.487 e. The first-order valence-electron chi connectivity index (χ1n) is 10.2. The van der Waals surface area contributed by atoms with E-state index in [-0.39, 0.29) is 24.8 Å². The van der Waals surface area contributed by atoms with Crippen LogP contribution in [0, 0.1) is 0 Å². The van der Waals surface area contributed by atoms with E-state index in [9.17, 15) is 9.59 Å². The Balaban J connectivity index is 1.37. The quantitative estimate of drug-likeness (QED) is 0.352. The lowest BCUT2D eigenvalue weighted by Gasteiger charge is -2.09. The van der Waals surface area contributed by atoms with Crippen molar-refractivity contribution in [1.29, 1.82) is 0 Å². The molecule has 0 bridgehead atoms. The summed E-state index contributed by atoms with van der Waals surface area (Å²) in [5.74, 6) is 0.321. The second-order valence-corrected chi connectivity index (χ2v) is 8.19. The van der Waals surface area contributed by atoms with Crippen LogP contribution < -0.4 is 15.4 Å². The number of aromatic nitrogens is 2. The minimum absolute atomic E-state index is 0.104. The molecule has 0 unspecified atom stereocenters. The molecule has 2 amide bonds. The van der Waals surface area contributed by atoms with Crippen molar-refractivity contribution in [3.63, 3.8) is 0 Å². The Kier molecular flexibility index (Phi) is 7.20. The van der Waals surface area contributed by atoms with Crippen LogP contribution >= 0.6 is 23.2 Å². The minimum atomic E-state index is -0.430. The smallest absolute Gasteiger partial charge is 0.274 e. The van der Waals surface area contributed by atoms with E-state index in [1.807, 2.05) is 0 Å². The van der Waals surface area contributed by atoms with Crippen LogP contribution in [-0.4, -0.2) is 21.6 Å². The Bertz CT molecular complexity index is 1300. The fourth-order valence-corrected chi connectivity index (χ4v) is 3.58. The van der Waals surface area contributed by atoms with Crippen molar-refractivity contribution in [3.8, 4) is 5.75 Å². The lowest BCUT2D eigenvalue weighted by Crippen LogP contribution is -2.25. The number of anilines is 1. The highest BCUT2D eigenvalue weighted by Gasteiger charge is 2.19. The van der Waals surface area contributed by atoms with Crippen molar-refractivity contribution in [2.24, 2.45) is 7.05 Å². The van der Waals surface area contributed by atoms with Crippen LogP contribution in [0.15, 0.2) is 71.5 Å². The monoisotopic (exact) mass is 498 g/mol. The first-order chi connectivity index (χ1) is 16.4. The Hall–Kier alpha value is -3.75. The number of carbonyl (C=O) groups is 2. The van der Waals surface area contributed by atoms with Crippen LogP contribution in [-0.2, 0) is 20.2 Å². The number of ether oxygens (including phenoxy) is 1. The van der Waals surface area contributed by atoms with Crippen molar-refractivity contribution in [2.75, 3.05) is 5.32 Å². The lowest BCUT2D eigenvalue weighted by molar-refractivity contribution is 0.0943. The molecule has 0 atom stereocenters. The van der Waals surface area contributed by atoms with E-state index in [4.69, 9.17) is 32.4 Å². The number of aryl methyl sites for hydroxylation is 1. The van der Waals surface area contributed by atoms with Gasteiger partial charge in [0.05, 0.1) is 23.5 Å². The number of hydrogen-bond donors (Lipinski definition) is 2. The molecule has 4 rings (SSSR count). The van der Waals surface area contributed by atoms with E-state index in [2.05, 4.69) is 15.7 Å². The van der Waals surface area contributed by atoms with Gasteiger partial charge in [0.1, 0.15) is 18.1 Å². The van der Waals surface area contributed by atoms with Crippen molar-refractivity contribution >= 4 is 40.7 Å². The first kappa shape index (κ1) is 23.4. The second-order valence-electron chi connectivity index (χ2n) is 7.34. The average molecular weight is 499 g/mol. The predicted octanol–water partition coefficient (Wildman–Crippen LogP) is 5.08. The SMILES string of the molecule is Cn1cc(NC(=O)c2ccc(COc3ccc(Cl)cc3Cl)cc2)c(C(=O)NCc2ccco2)n1. The molecule has 0 aliphatic rings. The van der Waals surface area contributed by atoms with Gasteiger partial charge in [-0.25, -0.2) is 0 Å². The number of benzene rings is 2. The molecular formula is C24H20Cl2N4O4. The van der Waals surface area contributed by atoms with E-state index in [1.54, 1.807) is 67.8 Å². The van der Waals surface area contributed by atoms with Crippen molar-refractivity contribution in [3.05, 3.63) is 99.7 Å². The first-order valence-corrected chi connectivity index (χ1v) is 11.0. The third-order valence-corrected chi connectivity index (χ3v) is 5.33. The maximum atomic E-state index is 12.8. The van der Waals surface area contributed by atoms with Gasteiger partial charge in [-0.1, -0.05) is 35.3 Å². The summed E-state index contributed by atoms with van der Waals surface area (Å²) in [6.07, 6.45) is 3.09. The van der Waals surface area contributed by atoms with E-state index in [0.717, 1.165) is 5.56 Å². The van der Waals surface area contributed by atoms with E-state index in [0.29, 0.717) is 32.8 Å². The molecule has 34 heavy (non-hydrogen) atoms. The number of carbonyl (C=O) groups excluding carboxylic acids is 2. The summed E-state index contributed by atoms with van der Waals surface area (Å²) in [6.45, 7) is 0.479. The number of nitrogens with zero attached hydrogens (tertiary/aromatic N) is 2. The number of rotatable bonds is 8. The summed E-state index contributed by atoms with van der Waals surface area (Å²) >= 11 is 12.0. The number of amides is 2. The standard InChI is InChI=1S/C24H20Cl2N4O4/c1-30-13-20(22(29-30)24(32)27-12-18-3-2-10-33-18)28-23(31)16-6-4-15(5-7-16)14-34-21-9-8-17(25)11-19(21)26/h2-11,13H,12,14H2,1H3,(H,27,32)(H,28,31). The van der Waals surface area contributed by atoms with Gasteiger partial charge in [0.2, 0.25) is 0 Å². The summed E-state index contributed by atoms with van der Waals surface area (Å²) < 4.78 is 12.4. The van der Waals surface area contributed by atoms with Crippen molar-refractivity contribution in [1.82, 2.24) is 15.1 Å². The molecule has 10 heteroatoms. The van der Waals surface area contributed by atoms with Gasteiger partial charge in [-0.15, -0.1) is 0 Å². The highest BCUT2D eigenvalue weighted by Crippen LogP contribution is 2.28. The van der Waals surface area contributed by atoms with Gasteiger partial charge in [-0.3, -0.25) is 14.3 Å². The molecule has 2 heterocycles. The fraction of sp³-hybridized carbons (Fsp3) is 0.125. The molecule has 8 nitrogen and oxygen atoms in total. The summed E-state index contributed by atoms with van der Waals surface area (Å²) in [6, 6.07) is 15.4. The van der Waals surface area contributed by atoms with Crippen LogP contribution in [0.1, 0.15) is 32.2 Å². The third kappa shape index (κ3) is 5.78. The largest absolute Gasteiger partial charge is 0.487 e. The van der Waals surface area contributed by atoms with E-state index in [1.165, 1.54) is 10.9 Å². The molecule has 0 aliphatic carbocycles. The van der Waals surface area contributed by atoms with Gasteiger partial charge in [-0.05, 0) is 48.0 Å². The van der Waals surface area contributed by atoms with Crippen LogP contribution in [0.4, 0.5) is 5.69 Å². The average Bonchev–Trinajstić information content (AvgIpc) is 3.47. The second kappa shape index (κ2) is 10.5.